The second-order valence-corrected chi connectivity index (χ2v) is 41.9. The fourth-order valence-electron chi connectivity index (χ4n) is 25.3. The lowest BCUT2D eigenvalue weighted by molar-refractivity contribution is 0.660. The van der Waals surface area contributed by atoms with Gasteiger partial charge in [-0.1, -0.05) is 614 Å². The Bertz CT molecular complexity index is 8230. The molecular weight excluding hydrogens is 1800 g/mol. The summed E-state index contributed by atoms with van der Waals surface area (Å²) in [5.74, 6) is 0. The molecule has 728 valence electrons. The molecule has 0 aliphatic heterocycles. The normalized spacial score (nSPS) is 13.8. The van der Waals surface area contributed by atoms with Crippen molar-refractivity contribution < 1.29 is 0 Å². The van der Waals surface area contributed by atoms with Gasteiger partial charge in [0.25, 0.3) is 0 Å². The minimum atomic E-state index is -0.264. The maximum atomic E-state index is 2.37. The van der Waals surface area contributed by atoms with Crippen LogP contribution in [-0.2, 0) is 32.5 Å². The van der Waals surface area contributed by atoms with Crippen LogP contribution in [0.15, 0.2) is 558 Å². The summed E-state index contributed by atoms with van der Waals surface area (Å²) in [6, 6.07) is 202. The molecule has 22 aromatic rings. The number of aryl methyl sites for hydroxylation is 8. The van der Waals surface area contributed by atoms with Crippen LogP contribution in [0.5, 0.6) is 0 Å². The average Bonchev–Trinajstić information content (AvgIpc) is 1.19. The third kappa shape index (κ3) is 17.6. The van der Waals surface area contributed by atoms with Crippen LogP contribution >= 0.6 is 0 Å². The summed E-state index contributed by atoms with van der Waals surface area (Å²) in [6.07, 6.45) is 0. The van der Waals surface area contributed by atoms with Crippen LogP contribution in [0.3, 0.4) is 0 Å². The zero-order valence-corrected chi connectivity index (χ0v) is 88.1. The second-order valence-electron chi connectivity index (χ2n) is 41.9. The Kier molecular flexibility index (Phi) is 27.9. The van der Waals surface area contributed by atoms with Gasteiger partial charge in [-0.25, -0.2) is 0 Å². The van der Waals surface area contributed by atoms with E-state index in [1.807, 2.05) is 36.4 Å². The predicted octanol–water partition coefficient (Wildman–Crippen LogP) is 38.0. The highest BCUT2D eigenvalue weighted by molar-refractivity contribution is 5.93. The summed E-state index contributed by atoms with van der Waals surface area (Å²) >= 11 is 0. The molecule has 0 nitrogen and oxygen atoms in total. The molecule has 0 saturated heterocycles. The van der Waals surface area contributed by atoms with Gasteiger partial charge in [-0.3, -0.25) is 0 Å². The lowest BCUT2D eigenvalue weighted by Gasteiger charge is -2.34. The molecular formula is C150H128. The van der Waals surface area contributed by atoms with E-state index in [-0.39, 0.29) is 32.5 Å². The highest BCUT2D eigenvalue weighted by atomic mass is 14.5. The Labute approximate surface area is 889 Å². The van der Waals surface area contributed by atoms with Crippen LogP contribution in [0.1, 0.15) is 183 Å². The monoisotopic (exact) mass is 1930 g/mol. The van der Waals surface area contributed by atoms with E-state index in [9.17, 15) is 0 Å². The summed E-state index contributed by atoms with van der Waals surface area (Å²) in [5.41, 5.74) is 53.9. The SMILES string of the molecule is Cc1ccc2c(c1)-c1ccccc1C2(C)C.Cc1ccc2c(c1)-c1ccccc1C2(c1ccccc1)c1ccccc1.Cc1ccc2c(c1)C(c1ccccc1)(c1ccccc1)c1ccccc1-2.Cc1cccc2c1-c1ccccc1C2(C)C.Cc1cccc2c1-c1ccccc1C2(c1ccccc1)c1ccccc1.Cc1cccc2c1C(c1ccccc1)(c1ccccc1)c1ccccc1-2.Cc1ccccc1.Cc1ccccc1. The molecule has 150 heavy (non-hydrogen) atoms. The number of hydrogen-bond donors (Lipinski definition) is 0. The predicted molar refractivity (Wildman–Crippen MR) is 634 cm³/mol. The number of benzene rings is 22. The van der Waals surface area contributed by atoms with E-state index in [4.69, 9.17) is 0 Å². The summed E-state index contributed by atoms with van der Waals surface area (Å²) in [4.78, 5) is 0. The van der Waals surface area contributed by atoms with Gasteiger partial charge in [-0.05, 0) is 250 Å². The first-order valence-corrected chi connectivity index (χ1v) is 53.0. The Morgan fingerprint density at radius 2 is 0.333 bits per heavy atom. The van der Waals surface area contributed by atoms with Crippen molar-refractivity contribution >= 4 is 0 Å². The van der Waals surface area contributed by atoms with Crippen molar-refractivity contribution in [2.75, 3.05) is 0 Å². The van der Waals surface area contributed by atoms with Crippen molar-refractivity contribution in [3.63, 3.8) is 0 Å². The molecule has 0 N–H and O–H groups in total. The molecule has 0 bridgehead atoms. The van der Waals surface area contributed by atoms with E-state index >= 15 is 0 Å². The molecule has 0 amide bonds. The van der Waals surface area contributed by atoms with Crippen molar-refractivity contribution in [1.82, 2.24) is 0 Å². The van der Waals surface area contributed by atoms with Crippen LogP contribution in [0.2, 0.25) is 0 Å². The van der Waals surface area contributed by atoms with Gasteiger partial charge < -0.3 is 0 Å². The molecule has 0 radical (unpaired) electrons. The first-order valence-electron chi connectivity index (χ1n) is 53.0. The molecule has 0 spiro atoms. The van der Waals surface area contributed by atoms with E-state index < -0.39 is 0 Å². The third-order valence-corrected chi connectivity index (χ3v) is 32.0. The molecule has 6 aliphatic rings. The van der Waals surface area contributed by atoms with Gasteiger partial charge in [-0.15, -0.1) is 0 Å². The molecule has 0 aromatic heterocycles. The third-order valence-electron chi connectivity index (χ3n) is 32.0. The minimum absolute atomic E-state index is 0.151. The number of rotatable bonds is 8. The largest absolute Gasteiger partial charge is 0.0716 e. The quantitative estimate of drug-likeness (QED) is 0.142. The molecule has 0 fully saturated rings. The Morgan fingerprint density at radius 1 is 0.120 bits per heavy atom. The molecule has 6 aliphatic carbocycles. The number of hydrogen-bond acceptors (Lipinski definition) is 0. The molecule has 0 atom stereocenters. The van der Waals surface area contributed by atoms with Crippen LogP contribution in [0.4, 0.5) is 0 Å². The smallest absolute Gasteiger partial charge is 0.0622 e. The van der Waals surface area contributed by atoms with E-state index in [1.54, 1.807) is 0 Å². The van der Waals surface area contributed by atoms with Crippen molar-refractivity contribution in [3.05, 3.63) is 714 Å². The highest BCUT2D eigenvalue weighted by Gasteiger charge is 2.51. The van der Waals surface area contributed by atoms with Gasteiger partial charge in [0.15, 0.2) is 0 Å². The summed E-state index contributed by atoms with van der Waals surface area (Å²) in [7, 11) is 0. The van der Waals surface area contributed by atoms with Crippen molar-refractivity contribution in [1.29, 1.82) is 0 Å². The maximum absolute atomic E-state index is 2.37. The van der Waals surface area contributed by atoms with Crippen LogP contribution in [0, 0.1) is 55.4 Å². The van der Waals surface area contributed by atoms with E-state index in [2.05, 4.69) is 605 Å². The first kappa shape index (κ1) is 98.8. The van der Waals surface area contributed by atoms with Crippen molar-refractivity contribution in [2.45, 2.75) is 116 Å². The fraction of sp³-hybridized carbons (Fsp3) is 0.120. The van der Waals surface area contributed by atoms with Gasteiger partial charge in [0.05, 0.1) is 21.7 Å². The maximum Gasteiger partial charge on any atom is 0.0716 e. The standard InChI is InChI=1S/4C26H20.2C16H16.2C7H8/c1-19-11-10-17-23-22-16-8-9-18-24(22)26(25(19)23,20-12-4-2-5-13-20)21-14-6-3-7-15-21;1-19-11-10-18-24-25(19)22-16-8-9-17-23(22)26(24,20-12-4-2-5-13-20)21-14-6-3-7-15-21;1-19-16-17-25-23(18-19)22-14-8-9-15-24(22)26(25,20-10-4-2-5-11-20)21-12-6-3-7-13-21;1-19-16-17-23-22-14-8-9-15-24(22)26(25(23)18-19,20-10-4-2-5-11-20)21-12-6-3-7-13-21;1-11-7-6-10-14-15(11)12-8-4-5-9-13(12)16(14,2)3;1-11-8-9-15-13(10-11)12-6-4-5-7-14(12)16(15,2)3;2*1-7-5-3-2-4-6-7/h4*2-18H,1H3;2*4-10H,1-3H3;2*2-6H,1H3. The van der Waals surface area contributed by atoms with Gasteiger partial charge in [-0.2, -0.15) is 0 Å². The van der Waals surface area contributed by atoms with Crippen molar-refractivity contribution in [3.8, 4) is 66.8 Å². The van der Waals surface area contributed by atoms with Crippen LogP contribution in [0.25, 0.3) is 66.8 Å². The molecule has 0 saturated carbocycles. The van der Waals surface area contributed by atoms with Gasteiger partial charge >= 0.3 is 0 Å². The van der Waals surface area contributed by atoms with Gasteiger partial charge in [0.2, 0.25) is 0 Å². The summed E-state index contributed by atoms with van der Waals surface area (Å²) < 4.78 is 0. The molecule has 0 heteroatoms. The molecule has 0 heterocycles. The van der Waals surface area contributed by atoms with Crippen LogP contribution < -0.4 is 0 Å². The highest BCUT2D eigenvalue weighted by Crippen LogP contribution is 2.62. The fourth-order valence-corrected chi connectivity index (χ4v) is 25.3. The summed E-state index contributed by atoms with van der Waals surface area (Å²) in [6.45, 7) is 26.6. The van der Waals surface area contributed by atoms with Gasteiger partial charge in [0, 0.05) is 10.8 Å². The topological polar surface area (TPSA) is 0 Å². The molecule has 22 aromatic carbocycles. The lowest BCUT2D eigenvalue weighted by atomic mass is 9.67. The Morgan fingerprint density at radius 3 is 0.727 bits per heavy atom. The van der Waals surface area contributed by atoms with Crippen LogP contribution in [-0.4, -0.2) is 0 Å². The van der Waals surface area contributed by atoms with E-state index in [0.29, 0.717) is 0 Å². The minimum Gasteiger partial charge on any atom is -0.0622 e. The number of fused-ring (bicyclic) bond motifs is 18. The Hall–Kier alpha value is -17.2. The molecule has 28 rings (SSSR count). The van der Waals surface area contributed by atoms with Gasteiger partial charge in [0.1, 0.15) is 0 Å². The van der Waals surface area contributed by atoms with E-state index in [0.717, 1.165) is 0 Å². The zero-order valence-electron chi connectivity index (χ0n) is 88.1. The second kappa shape index (κ2) is 42.4. The van der Waals surface area contributed by atoms with E-state index in [1.165, 1.54) is 223 Å². The summed E-state index contributed by atoms with van der Waals surface area (Å²) in [5, 5.41) is 0. The van der Waals surface area contributed by atoms with Crippen molar-refractivity contribution in [2.24, 2.45) is 0 Å². The first-order chi connectivity index (χ1) is 73.3. The molecule has 0 unspecified atom stereocenters. The Balaban J connectivity index is 0.000000103. The zero-order chi connectivity index (χ0) is 103. The lowest BCUT2D eigenvalue weighted by Crippen LogP contribution is -2.29. The average molecular weight is 1930 g/mol.